The first-order chi connectivity index (χ1) is 9.81. The molecule has 0 N–H and O–H groups in total. The lowest BCUT2D eigenvalue weighted by Gasteiger charge is -2.34. The molecule has 20 heavy (non-hydrogen) atoms. The minimum atomic E-state index is 0.0401. The van der Waals surface area contributed by atoms with Crippen LogP contribution in [0.1, 0.15) is 77.6 Å². The highest BCUT2D eigenvalue weighted by atomic mass is 16.5. The van der Waals surface area contributed by atoms with Crippen molar-refractivity contribution in [2.24, 2.45) is 0 Å². The van der Waals surface area contributed by atoms with Crippen LogP contribution in [-0.2, 0) is 9.53 Å². The van der Waals surface area contributed by atoms with Gasteiger partial charge in [0.05, 0.1) is 0 Å². The standard InChI is InChI=1S/C17H31NO2/c1-2-3-4-5-6-7-8-9-11-15-14-18-13-10-12-16(18)17(19)20-15/h15-16H,2-14H2,1H3. The fourth-order valence-electron chi connectivity index (χ4n) is 3.51. The van der Waals surface area contributed by atoms with Crippen molar-refractivity contribution in [2.75, 3.05) is 13.1 Å². The summed E-state index contributed by atoms with van der Waals surface area (Å²) >= 11 is 0. The van der Waals surface area contributed by atoms with E-state index in [0.29, 0.717) is 0 Å². The van der Waals surface area contributed by atoms with Gasteiger partial charge in [-0.05, 0) is 32.2 Å². The number of esters is 1. The summed E-state index contributed by atoms with van der Waals surface area (Å²) in [5, 5.41) is 0. The average molecular weight is 281 g/mol. The first kappa shape index (κ1) is 15.8. The molecule has 2 unspecified atom stereocenters. The molecule has 2 aliphatic rings. The molecule has 0 aromatic rings. The minimum Gasteiger partial charge on any atom is -0.460 e. The van der Waals surface area contributed by atoms with Crippen LogP contribution in [0.4, 0.5) is 0 Å². The largest absolute Gasteiger partial charge is 0.460 e. The maximum absolute atomic E-state index is 11.9. The summed E-state index contributed by atoms with van der Waals surface area (Å²) < 4.78 is 5.58. The van der Waals surface area contributed by atoms with Gasteiger partial charge in [0.1, 0.15) is 12.1 Å². The maximum Gasteiger partial charge on any atom is 0.323 e. The number of unbranched alkanes of at least 4 members (excludes halogenated alkanes) is 7. The van der Waals surface area contributed by atoms with Crippen molar-refractivity contribution in [1.29, 1.82) is 0 Å². The summed E-state index contributed by atoms with van der Waals surface area (Å²) in [6.07, 6.45) is 14.1. The molecular formula is C17H31NO2. The molecule has 0 radical (unpaired) electrons. The number of hydrogen-bond donors (Lipinski definition) is 0. The number of rotatable bonds is 9. The maximum atomic E-state index is 11.9. The van der Waals surface area contributed by atoms with E-state index in [0.717, 1.165) is 32.4 Å². The van der Waals surface area contributed by atoms with Crippen LogP contribution in [0.5, 0.6) is 0 Å². The summed E-state index contributed by atoms with van der Waals surface area (Å²) in [4.78, 5) is 14.2. The number of cyclic esters (lactones) is 1. The third-order valence-electron chi connectivity index (χ3n) is 4.74. The zero-order chi connectivity index (χ0) is 14.2. The lowest BCUT2D eigenvalue weighted by atomic mass is 10.0. The Balaban J connectivity index is 1.51. The molecule has 3 nitrogen and oxygen atoms in total. The van der Waals surface area contributed by atoms with Crippen molar-refractivity contribution < 1.29 is 9.53 Å². The van der Waals surface area contributed by atoms with E-state index in [4.69, 9.17) is 4.74 Å². The lowest BCUT2D eigenvalue weighted by molar-refractivity contribution is -0.164. The van der Waals surface area contributed by atoms with Crippen molar-refractivity contribution >= 4 is 5.97 Å². The molecule has 0 aliphatic carbocycles. The normalized spacial score (nSPS) is 26.6. The lowest BCUT2D eigenvalue weighted by Crippen LogP contribution is -2.49. The molecule has 3 heteroatoms. The Hall–Kier alpha value is -0.570. The quantitative estimate of drug-likeness (QED) is 0.474. The number of morpholine rings is 1. The molecule has 0 bridgehead atoms. The van der Waals surface area contributed by atoms with Crippen LogP contribution >= 0.6 is 0 Å². The van der Waals surface area contributed by atoms with E-state index in [-0.39, 0.29) is 18.1 Å². The molecule has 0 saturated carbocycles. The van der Waals surface area contributed by atoms with Gasteiger partial charge in [0.25, 0.3) is 0 Å². The van der Waals surface area contributed by atoms with Gasteiger partial charge in [-0.15, -0.1) is 0 Å². The number of nitrogens with zero attached hydrogens (tertiary/aromatic N) is 1. The molecule has 2 rings (SSSR count). The van der Waals surface area contributed by atoms with Gasteiger partial charge in [-0.2, -0.15) is 0 Å². The van der Waals surface area contributed by atoms with E-state index in [1.54, 1.807) is 0 Å². The number of ether oxygens (including phenoxy) is 1. The van der Waals surface area contributed by atoms with Gasteiger partial charge in [-0.25, -0.2) is 0 Å². The second kappa shape index (κ2) is 8.66. The van der Waals surface area contributed by atoms with Gasteiger partial charge < -0.3 is 4.74 Å². The molecule has 116 valence electrons. The second-order valence-corrected chi connectivity index (χ2v) is 6.48. The zero-order valence-corrected chi connectivity index (χ0v) is 13.1. The molecule has 2 atom stereocenters. The number of carbonyl (C=O) groups is 1. The Morgan fingerprint density at radius 3 is 2.55 bits per heavy atom. The van der Waals surface area contributed by atoms with Gasteiger partial charge in [0, 0.05) is 6.54 Å². The van der Waals surface area contributed by atoms with Crippen LogP contribution in [0.15, 0.2) is 0 Å². The van der Waals surface area contributed by atoms with Crippen molar-refractivity contribution in [1.82, 2.24) is 4.90 Å². The number of hydrogen-bond acceptors (Lipinski definition) is 3. The van der Waals surface area contributed by atoms with Gasteiger partial charge in [-0.3, -0.25) is 9.69 Å². The SMILES string of the molecule is CCCCCCCCCCC1CN2CCCC2C(=O)O1. The third-order valence-corrected chi connectivity index (χ3v) is 4.74. The molecule has 0 amide bonds. The number of carbonyl (C=O) groups excluding carboxylic acids is 1. The average Bonchev–Trinajstić information content (AvgIpc) is 2.91. The molecule has 0 spiro atoms. The Morgan fingerprint density at radius 2 is 1.80 bits per heavy atom. The predicted octanol–water partition coefficient (Wildman–Crippen LogP) is 3.91. The third kappa shape index (κ3) is 4.76. The highest BCUT2D eigenvalue weighted by Crippen LogP contribution is 2.25. The fourth-order valence-corrected chi connectivity index (χ4v) is 3.51. The first-order valence-corrected chi connectivity index (χ1v) is 8.76. The van der Waals surface area contributed by atoms with Crippen LogP contribution < -0.4 is 0 Å². The van der Waals surface area contributed by atoms with Gasteiger partial charge in [0.2, 0.25) is 0 Å². The Kier molecular flexibility index (Phi) is 6.85. The van der Waals surface area contributed by atoms with Crippen molar-refractivity contribution in [3.05, 3.63) is 0 Å². The molecule has 2 heterocycles. The molecule has 0 aromatic heterocycles. The fraction of sp³-hybridized carbons (Fsp3) is 0.941. The summed E-state index contributed by atoms with van der Waals surface area (Å²) in [6.45, 7) is 4.33. The van der Waals surface area contributed by atoms with E-state index in [2.05, 4.69) is 11.8 Å². The summed E-state index contributed by atoms with van der Waals surface area (Å²) in [7, 11) is 0. The van der Waals surface area contributed by atoms with Crippen LogP contribution in [-0.4, -0.2) is 36.1 Å². The van der Waals surface area contributed by atoms with Crippen LogP contribution in [0.2, 0.25) is 0 Å². The van der Waals surface area contributed by atoms with Crippen LogP contribution in [0.3, 0.4) is 0 Å². The zero-order valence-electron chi connectivity index (χ0n) is 13.1. The highest BCUT2D eigenvalue weighted by Gasteiger charge is 2.38. The van der Waals surface area contributed by atoms with Gasteiger partial charge in [-0.1, -0.05) is 51.9 Å². The Labute approximate surface area is 124 Å². The van der Waals surface area contributed by atoms with Crippen molar-refractivity contribution in [2.45, 2.75) is 89.7 Å². The monoisotopic (exact) mass is 281 g/mol. The Morgan fingerprint density at radius 1 is 1.10 bits per heavy atom. The number of fused-ring (bicyclic) bond motifs is 1. The molecule has 2 saturated heterocycles. The predicted molar refractivity (Wildman–Crippen MR) is 81.7 cm³/mol. The summed E-state index contributed by atoms with van der Waals surface area (Å²) in [5.41, 5.74) is 0. The van der Waals surface area contributed by atoms with Crippen molar-refractivity contribution in [3.63, 3.8) is 0 Å². The van der Waals surface area contributed by atoms with E-state index < -0.39 is 0 Å². The molecule has 2 fully saturated rings. The molecular weight excluding hydrogens is 250 g/mol. The van der Waals surface area contributed by atoms with Crippen molar-refractivity contribution in [3.8, 4) is 0 Å². The summed E-state index contributed by atoms with van der Waals surface area (Å²) in [5.74, 6) is 0.0401. The van der Waals surface area contributed by atoms with E-state index >= 15 is 0 Å². The van der Waals surface area contributed by atoms with Crippen LogP contribution in [0, 0.1) is 0 Å². The molecule has 2 aliphatic heterocycles. The topological polar surface area (TPSA) is 29.5 Å². The van der Waals surface area contributed by atoms with E-state index in [1.165, 1.54) is 51.4 Å². The highest BCUT2D eigenvalue weighted by molar-refractivity contribution is 5.77. The van der Waals surface area contributed by atoms with Gasteiger partial charge in [0.15, 0.2) is 0 Å². The van der Waals surface area contributed by atoms with E-state index in [1.807, 2.05) is 0 Å². The second-order valence-electron chi connectivity index (χ2n) is 6.48. The Bertz CT molecular complexity index is 293. The minimum absolute atomic E-state index is 0.0401. The van der Waals surface area contributed by atoms with Crippen LogP contribution in [0.25, 0.3) is 0 Å². The summed E-state index contributed by atoms with van der Waals surface area (Å²) in [6, 6.07) is 0.0878. The first-order valence-electron chi connectivity index (χ1n) is 8.76. The smallest absolute Gasteiger partial charge is 0.323 e. The van der Waals surface area contributed by atoms with E-state index in [9.17, 15) is 4.79 Å². The van der Waals surface area contributed by atoms with Gasteiger partial charge >= 0.3 is 5.97 Å². The molecule has 0 aromatic carbocycles.